The number of unbranched alkanes of at least 4 members (excludes halogenated alkanes) is 3. The molecule has 148 valence electrons. The normalized spacial score (nSPS) is 27.2. The lowest BCUT2D eigenvalue weighted by Crippen LogP contribution is -2.59. The number of piperidine rings is 2. The van der Waals surface area contributed by atoms with E-state index in [1.54, 1.807) is 0 Å². The van der Waals surface area contributed by atoms with Crippen molar-refractivity contribution in [2.75, 3.05) is 0 Å². The molecule has 4 heteroatoms. The lowest BCUT2D eigenvalue weighted by atomic mass is 9.73. The number of carbonyl (C=O) groups excluding carboxylic acids is 1. The quantitative estimate of drug-likeness (QED) is 0.504. The highest BCUT2D eigenvalue weighted by Gasteiger charge is 2.47. The maximum atomic E-state index is 12.7. The summed E-state index contributed by atoms with van der Waals surface area (Å²) >= 11 is 0. The smallest absolute Gasteiger partial charge is 0.410 e. The van der Waals surface area contributed by atoms with Crippen molar-refractivity contribution in [2.24, 2.45) is 0 Å². The molecule has 2 unspecified atom stereocenters. The van der Waals surface area contributed by atoms with Crippen LogP contribution < -0.4 is 0 Å². The van der Waals surface area contributed by atoms with E-state index >= 15 is 0 Å². The van der Waals surface area contributed by atoms with Crippen LogP contribution in [0.3, 0.4) is 0 Å². The number of fused-ring (bicyclic) bond motifs is 2. The number of aliphatic hydroxyl groups is 1. The van der Waals surface area contributed by atoms with Crippen LogP contribution in [0.15, 0.2) is 43.0 Å². The highest BCUT2D eigenvalue weighted by atomic mass is 16.6. The molecule has 2 atom stereocenters. The van der Waals surface area contributed by atoms with Crippen molar-refractivity contribution in [1.29, 1.82) is 0 Å². The zero-order chi connectivity index (χ0) is 19.1. The van der Waals surface area contributed by atoms with E-state index in [0.29, 0.717) is 19.4 Å². The topological polar surface area (TPSA) is 49.8 Å². The van der Waals surface area contributed by atoms with Gasteiger partial charge in [-0.15, -0.1) is 6.58 Å². The van der Waals surface area contributed by atoms with E-state index in [4.69, 9.17) is 4.74 Å². The molecular weight excluding hydrogens is 338 g/mol. The van der Waals surface area contributed by atoms with Gasteiger partial charge in [0.25, 0.3) is 0 Å². The fourth-order valence-electron chi connectivity index (χ4n) is 4.74. The Kier molecular flexibility index (Phi) is 6.95. The first kappa shape index (κ1) is 19.9. The van der Waals surface area contributed by atoms with Crippen molar-refractivity contribution in [3.05, 3.63) is 48.6 Å². The molecule has 2 heterocycles. The van der Waals surface area contributed by atoms with Gasteiger partial charge in [-0.3, -0.25) is 0 Å². The van der Waals surface area contributed by atoms with Gasteiger partial charge in [0.05, 0.1) is 5.60 Å². The summed E-state index contributed by atoms with van der Waals surface area (Å²) in [5.74, 6) is 0. The standard InChI is InChI=1S/C23H33NO3/c1-2-3-4-5-9-15-23(26)16-20-13-10-14-21(17-23)24(20)22(25)27-18-19-11-7-6-8-12-19/h2,6-8,11-12,20-21,26H,1,3-5,9-10,13-18H2. The van der Waals surface area contributed by atoms with Crippen LogP contribution in [0.5, 0.6) is 0 Å². The van der Waals surface area contributed by atoms with Crippen molar-refractivity contribution in [1.82, 2.24) is 4.90 Å². The first-order chi connectivity index (χ1) is 13.1. The second kappa shape index (κ2) is 9.41. The minimum atomic E-state index is -0.625. The number of benzene rings is 1. The fourth-order valence-corrected chi connectivity index (χ4v) is 4.74. The van der Waals surface area contributed by atoms with E-state index in [2.05, 4.69) is 6.58 Å². The molecular formula is C23H33NO3. The SMILES string of the molecule is C=CCCCCCC1(O)CC2CCCC(C1)N2C(=O)OCc1ccccc1. The number of hydrogen-bond acceptors (Lipinski definition) is 3. The summed E-state index contributed by atoms with van der Waals surface area (Å²) in [6.45, 7) is 4.07. The third-order valence-electron chi connectivity index (χ3n) is 6.06. The van der Waals surface area contributed by atoms with Gasteiger partial charge in [0.15, 0.2) is 0 Å². The summed E-state index contributed by atoms with van der Waals surface area (Å²) in [6, 6.07) is 10.0. The van der Waals surface area contributed by atoms with Crippen molar-refractivity contribution in [3.63, 3.8) is 0 Å². The maximum Gasteiger partial charge on any atom is 0.410 e. The van der Waals surface area contributed by atoms with Gasteiger partial charge in [0, 0.05) is 12.1 Å². The second-order valence-electron chi connectivity index (χ2n) is 8.21. The largest absolute Gasteiger partial charge is 0.445 e. The highest BCUT2D eigenvalue weighted by molar-refractivity contribution is 5.69. The van der Waals surface area contributed by atoms with Gasteiger partial charge in [-0.2, -0.15) is 0 Å². The molecule has 1 N–H and O–H groups in total. The van der Waals surface area contributed by atoms with Crippen LogP contribution in [0.4, 0.5) is 4.79 Å². The van der Waals surface area contributed by atoms with E-state index in [-0.39, 0.29) is 18.2 Å². The number of amides is 1. The predicted octanol–water partition coefficient (Wildman–Crippen LogP) is 5.21. The Balaban J connectivity index is 1.54. The van der Waals surface area contributed by atoms with Gasteiger partial charge < -0.3 is 14.7 Å². The van der Waals surface area contributed by atoms with Crippen LogP contribution >= 0.6 is 0 Å². The molecule has 27 heavy (non-hydrogen) atoms. The lowest BCUT2D eigenvalue weighted by molar-refractivity contribution is -0.0899. The van der Waals surface area contributed by atoms with Crippen LogP contribution in [0.25, 0.3) is 0 Å². The number of ether oxygens (including phenoxy) is 1. The molecule has 3 rings (SSSR count). The van der Waals surface area contributed by atoms with Crippen LogP contribution in [-0.4, -0.2) is 33.8 Å². The Morgan fingerprint density at radius 3 is 2.56 bits per heavy atom. The van der Waals surface area contributed by atoms with Crippen molar-refractivity contribution in [3.8, 4) is 0 Å². The summed E-state index contributed by atoms with van der Waals surface area (Å²) in [7, 11) is 0. The molecule has 2 aliphatic heterocycles. The van der Waals surface area contributed by atoms with Gasteiger partial charge in [-0.25, -0.2) is 4.79 Å². The minimum Gasteiger partial charge on any atom is -0.445 e. The Labute approximate surface area is 163 Å². The number of hydrogen-bond donors (Lipinski definition) is 1. The van der Waals surface area contributed by atoms with E-state index in [0.717, 1.165) is 56.9 Å². The summed E-state index contributed by atoms with van der Waals surface area (Å²) in [6.07, 6.45) is 11.4. The molecule has 0 saturated carbocycles. The Bertz CT molecular complexity index is 601. The molecule has 0 radical (unpaired) electrons. The van der Waals surface area contributed by atoms with E-state index in [9.17, 15) is 9.90 Å². The van der Waals surface area contributed by atoms with E-state index in [1.165, 1.54) is 0 Å². The fraction of sp³-hybridized carbons (Fsp3) is 0.609. The third-order valence-corrected chi connectivity index (χ3v) is 6.06. The molecule has 0 spiro atoms. The molecule has 1 aromatic carbocycles. The molecule has 0 aromatic heterocycles. The first-order valence-electron chi connectivity index (χ1n) is 10.4. The third kappa shape index (κ3) is 5.35. The van der Waals surface area contributed by atoms with Crippen LogP contribution in [0.1, 0.15) is 69.8 Å². The Morgan fingerprint density at radius 2 is 1.89 bits per heavy atom. The zero-order valence-electron chi connectivity index (χ0n) is 16.3. The summed E-state index contributed by atoms with van der Waals surface area (Å²) in [4.78, 5) is 14.7. The number of carbonyl (C=O) groups is 1. The summed E-state index contributed by atoms with van der Waals surface area (Å²) in [5, 5.41) is 11.1. The minimum absolute atomic E-state index is 0.110. The van der Waals surface area contributed by atoms with E-state index < -0.39 is 5.60 Å². The molecule has 1 aromatic rings. The monoisotopic (exact) mass is 371 g/mol. The highest BCUT2D eigenvalue weighted by Crippen LogP contribution is 2.41. The van der Waals surface area contributed by atoms with Crippen LogP contribution in [0, 0.1) is 0 Å². The molecule has 2 bridgehead atoms. The van der Waals surface area contributed by atoms with E-state index in [1.807, 2.05) is 41.3 Å². The lowest BCUT2D eigenvalue weighted by Gasteiger charge is -2.51. The average molecular weight is 372 g/mol. The molecule has 4 nitrogen and oxygen atoms in total. The molecule has 2 fully saturated rings. The van der Waals surface area contributed by atoms with Crippen molar-refractivity contribution in [2.45, 2.75) is 88.5 Å². The second-order valence-corrected chi connectivity index (χ2v) is 8.21. The van der Waals surface area contributed by atoms with Crippen molar-refractivity contribution >= 4 is 6.09 Å². The molecule has 2 aliphatic rings. The van der Waals surface area contributed by atoms with Gasteiger partial charge in [-0.1, -0.05) is 49.2 Å². The summed E-state index contributed by atoms with van der Waals surface area (Å²) < 4.78 is 5.59. The van der Waals surface area contributed by atoms with Crippen LogP contribution in [-0.2, 0) is 11.3 Å². The number of allylic oxidation sites excluding steroid dienone is 1. The average Bonchev–Trinajstić information content (AvgIpc) is 2.66. The van der Waals surface area contributed by atoms with Crippen LogP contribution in [0.2, 0.25) is 0 Å². The maximum absolute atomic E-state index is 12.7. The number of rotatable bonds is 8. The van der Waals surface area contributed by atoms with Gasteiger partial charge in [-0.05, 0) is 56.9 Å². The van der Waals surface area contributed by atoms with Gasteiger partial charge >= 0.3 is 6.09 Å². The predicted molar refractivity (Wildman–Crippen MR) is 107 cm³/mol. The number of nitrogens with zero attached hydrogens (tertiary/aromatic N) is 1. The zero-order valence-corrected chi connectivity index (χ0v) is 16.3. The summed E-state index contributed by atoms with van der Waals surface area (Å²) in [5.41, 5.74) is 0.379. The Morgan fingerprint density at radius 1 is 1.19 bits per heavy atom. The molecule has 1 amide bonds. The van der Waals surface area contributed by atoms with Crippen molar-refractivity contribution < 1.29 is 14.6 Å². The Hall–Kier alpha value is -1.81. The van der Waals surface area contributed by atoms with Gasteiger partial charge in [0.1, 0.15) is 6.61 Å². The van der Waals surface area contributed by atoms with Gasteiger partial charge in [0.2, 0.25) is 0 Å². The molecule has 2 saturated heterocycles. The first-order valence-corrected chi connectivity index (χ1v) is 10.4. The molecule has 0 aliphatic carbocycles.